The third-order valence-corrected chi connectivity index (χ3v) is 5.48. The number of para-hydroxylation sites is 1. The molecule has 1 amide bonds. The van der Waals surface area contributed by atoms with Crippen LogP contribution in [0.25, 0.3) is 0 Å². The number of piperidine rings is 1. The number of benzene rings is 2. The van der Waals surface area contributed by atoms with Crippen LogP contribution in [-0.4, -0.2) is 30.4 Å². The van der Waals surface area contributed by atoms with Crippen molar-refractivity contribution < 1.29 is 4.79 Å². The summed E-state index contributed by atoms with van der Waals surface area (Å²) in [6.07, 6.45) is 3.60. The summed E-state index contributed by atoms with van der Waals surface area (Å²) in [6, 6.07) is 16.4. The smallest absolute Gasteiger partial charge is 0.258 e. The van der Waals surface area contributed by atoms with Crippen LogP contribution in [0, 0.1) is 5.92 Å². The van der Waals surface area contributed by atoms with Gasteiger partial charge >= 0.3 is 0 Å². The highest BCUT2D eigenvalue weighted by molar-refractivity contribution is 6.07. The average molecular weight is 334 g/mol. The summed E-state index contributed by atoms with van der Waals surface area (Å²) >= 11 is 0. The number of fused-ring (bicyclic) bond motifs is 1. The Hall–Kier alpha value is -2.13. The summed E-state index contributed by atoms with van der Waals surface area (Å²) in [5, 5.41) is 0. The summed E-state index contributed by atoms with van der Waals surface area (Å²) < 4.78 is 0. The van der Waals surface area contributed by atoms with E-state index in [2.05, 4.69) is 30.0 Å². The van der Waals surface area contributed by atoms with E-state index in [9.17, 15) is 4.79 Å². The molecule has 0 N–H and O–H groups in total. The zero-order valence-electron chi connectivity index (χ0n) is 14.9. The minimum absolute atomic E-state index is 0.114. The molecule has 130 valence electrons. The Balaban J connectivity index is 1.44. The Morgan fingerprint density at radius 3 is 2.68 bits per heavy atom. The number of likely N-dealkylation sites (tertiary alicyclic amines) is 1. The number of carbonyl (C=O) groups is 1. The zero-order valence-corrected chi connectivity index (χ0v) is 14.9. The number of amides is 1. The average Bonchev–Trinajstić information content (AvgIpc) is 3.06. The summed E-state index contributed by atoms with van der Waals surface area (Å²) in [5.74, 6) is 0.910. The second-order valence-electron chi connectivity index (χ2n) is 7.51. The van der Waals surface area contributed by atoms with Gasteiger partial charge in [-0.1, -0.05) is 37.3 Å². The van der Waals surface area contributed by atoms with Crippen LogP contribution >= 0.6 is 0 Å². The highest BCUT2D eigenvalue weighted by Gasteiger charge is 2.25. The molecule has 2 aromatic carbocycles. The molecule has 2 heterocycles. The number of nitrogens with zero attached hydrogens (tertiary/aromatic N) is 2. The third-order valence-electron chi connectivity index (χ3n) is 5.48. The normalized spacial score (nSPS) is 20.5. The van der Waals surface area contributed by atoms with E-state index >= 15 is 0 Å². The van der Waals surface area contributed by atoms with E-state index in [0.717, 1.165) is 36.7 Å². The fraction of sp³-hybridized carbons (Fsp3) is 0.409. The molecule has 1 fully saturated rings. The van der Waals surface area contributed by atoms with Crippen LogP contribution in [-0.2, 0) is 13.0 Å². The van der Waals surface area contributed by atoms with Crippen molar-refractivity contribution in [3.63, 3.8) is 0 Å². The molecule has 0 spiro atoms. The van der Waals surface area contributed by atoms with Crippen molar-refractivity contribution in [3.05, 3.63) is 65.2 Å². The molecular weight excluding hydrogens is 308 g/mol. The molecule has 2 aliphatic heterocycles. The monoisotopic (exact) mass is 334 g/mol. The Labute approximate surface area is 150 Å². The Kier molecular flexibility index (Phi) is 4.58. The lowest BCUT2D eigenvalue weighted by molar-refractivity contribution is 0.0989. The van der Waals surface area contributed by atoms with Crippen molar-refractivity contribution in [2.75, 3.05) is 24.5 Å². The number of rotatable bonds is 3. The van der Waals surface area contributed by atoms with Gasteiger partial charge in [0.15, 0.2) is 0 Å². The fourth-order valence-corrected chi connectivity index (χ4v) is 4.15. The topological polar surface area (TPSA) is 23.6 Å². The maximum Gasteiger partial charge on any atom is 0.258 e. The maximum absolute atomic E-state index is 12.9. The van der Waals surface area contributed by atoms with Gasteiger partial charge in [-0.05, 0) is 61.1 Å². The first-order chi connectivity index (χ1) is 12.2. The van der Waals surface area contributed by atoms with Crippen LogP contribution in [0.4, 0.5) is 5.69 Å². The summed E-state index contributed by atoms with van der Waals surface area (Å²) in [5.41, 5.74) is 4.42. The van der Waals surface area contributed by atoms with Gasteiger partial charge in [0.1, 0.15) is 0 Å². The molecule has 0 unspecified atom stereocenters. The van der Waals surface area contributed by atoms with E-state index in [1.54, 1.807) is 0 Å². The van der Waals surface area contributed by atoms with Crippen LogP contribution in [0.1, 0.15) is 41.3 Å². The lowest BCUT2D eigenvalue weighted by Gasteiger charge is -2.30. The van der Waals surface area contributed by atoms with Crippen LogP contribution < -0.4 is 4.90 Å². The predicted octanol–water partition coefficient (Wildman–Crippen LogP) is 4.12. The lowest BCUT2D eigenvalue weighted by Crippen LogP contribution is -2.33. The van der Waals surface area contributed by atoms with Gasteiger partial charge in [0.05, 0.1) is 0 Å². The summed E-state index contributed by atoms with van der Waals surface area (Å²) in [4.78, 5) is 17.3. The second kappa shape index (κ2) is 7.01. The van der Waals surface area contributed by atoms with E-state index in [0.29, 0.717) is 0 Å². The number of anilines is 1. The van der Waals surface area contributed by atoms with E-state index in [-0.39, 0.29) is 5.91 Å². The van der Waals surface area contributed by atoms with Crippen LogP contribution in [0.15, 0.2) is 48.5 Å². The third kappa shape index (κ3) is 3.47. The number of carbonyl (C=O) groups excluding carboxylic acids is 1. The molecule has 1 saturated heterocycles. The second-order valence-corrected chi connectivity index (χ2v) is 7.51. The molecule has 0 aliphatic carbocycles. The Bertz CT molecular complexity index is 753. The Morgan fingerprint density at radius 2 is 1.88 bits per heavy atom. The molecule has 4 rings (SSSR count). The van der Waals surface area contributed by atoms with Crippen molar-refractivity contribution in [1.82, 2.24) is 4.90 Å². The Morgan fingerprint density at radius 1 is 1.08 bits per heavy atom. The standard InChI is InChI=1S/C22H26N2O/c1-17-5-4-13-23(15-17)16-18-8-10-20(11-9-18)22(25)24-14-12-19-6-2-3-7-21(19)24/h2-3,6-11,17H,4-5,12-16H2,1H3/t17-/m1/s1. The van der Waals surface area contributed by atoms with E-state index in [1.165, 1.54) is 37.1 Å². The van der Waals surface area contributed by atoms with Gasteiger partial charge in [-0.25, -0.2) is 0 Å². The molecular formula is C22H26N2O. The molecule has 25 heavy (non-hydrogen) atoms. The lowest BCUT2D eigenvalue weighted by atomic mass is 9.99. The van der Waals surface area contributed by atoms with Crippen molar-refractivity contribution in [2.24, 2.45) is 5.92 Å². The van der Waals surface area contributed by atoms with Gasteiger partial charge in [0.2, 0.25) is 0 Å². The SMILES string of the molecule is C[C@@H]1CCCN(Cc2ccc(C(=O)N3CCc4ccccc43)cc2)C1. The van der Waals surface area contributed by atoms with Gasteiger partial charge in [-0.3, -0.25) is 9.69 Å². The van der Waals surface area contributed by atoms with Crippen molar-refractivity contribution in [1.29, 1.82) is 0 Å². The molecule has 3 heteroatoms. The molecule has 0 saturated carbocycles. The minimum atomic E-state index is 0.114. The highest BCUT2D eigenvalue weighted by Crippen LogP contribution is 2.29. The first-order valence-corrected chi connectivity index (χ1v) is 9.42. The molecule has 3 nitrogen and oxygen atoms in total. The first kappa shape index (κ1) is 16.3. The molecule has 2 aromatic rings. The highest BCUT2D eigenvalue weighted by atomic mass is 16.2. The van der Waals surface area contributed by atoms with Crippen molar-refractivity contribution in [3.8, 4) is 0 Å². The summed E-state index contributed by atoms with van der Waals surface area (Å²) in [7, 11) is 0. The van der Waals surface area contributed by atoms with Crippen LogP contribution in [0.2, 0.25) is 0 Å². The van der Waals surface area contributed by atoms with Crippen LogP contribution in [0.3, 0.4) is 0 Å². The van der Waals surface area contributed by atoms with E-state index in [1.807, 2.05) is 35.2 Å². The minimum Gasteiger partial charge on any atom is -0.308 e. The predicted molar refractivity (Wildman–Crippen MR) is 102 cm³/mol. The zero-order chi connectivity index (χ0) is 17.2. The number of hydrogen-bond acceptors (Lipinski definition) is 2. The molecule has 1 atom stereocenters. The molecule has 0 aromatic heterocycles. The maximum atomic E-state index is 12.9. The van der Waals surface area contributed by atoms with Gasteiger partial charge in [0, 0.05) is 30.9 Å². The summed E-state index contributed by atoms with van der Waals surface area (Å²) in [6.45, 7) is 6.49. The van der Waals surface area contributed by atoms with E-state index < -0.39 is 0 Å². The molecule has 2 aliphatic rings. The van der Waals surface area contributed by atoms with Crippen LogP contribution in [0.5, 0.6) is 0 Å². The van der Waals surface area contributed by atoms with Gasteiger partial charge in [-0.15, -0.1) is 0 Å². The fourth-order valence-electron chi connectivity index (χ4n) is 4.15. The molecule has 0 bridgehead atoms. The quantitative estimate of drug-likeness (QED) is 0.843. The van der Waals surface area contributed by atoms with Crippen molar-refractivity contribution >= 4 is 11.6 Å². The van der Waals surface area contributed by atoms with Gasteiger partial charge in [0.25, 0.3) is 5.91 Å². The largest absolute Gasteiger partial charge is 0.308 e. The van der Waals surface area contributed by atoms with Crippen molar-refractivity contribution in [2.45, 2.75) is 32.7 Å². The van der Waals surface area contributed by atoms with Gasteiger partial charge in [-0.2, -0.15) is 0 Å². The van der Waals surface area contributed by atoms with Gasteiger partial charge < -0.3 is 4.90 Å². The number of hydrogen-bond donors (Lipinski definition) is 0. The van der Waals surface area contributed by atoms with E-state index in [4.69, 9.17) is 0 Å². The first-order valence-electron chi connectivity index (χ1n) is 9.42. The molecule has 0 radical (unpaired) electrons.